The van der Waals surface area contributed by atoms with E-state index in [1.165, 1.54) is 61.6 Å². The highest BCUT2D eigenvalue weighted by atomic mass is 35.5. The van der Waals surface area contributed by atoms with Crippen LogP contribution in [-0.4, -0.2) is 0 Å². The van der Waals surface area contributed by atoms with Gasteiger partial charge in [-0.2, -0.15) is 0 Å². The minimum absolute atomic E-state index is 0.555. The van der Waals surface area contributed by atoms with Crippen molar-refractivity contribution in [3.63, 3.8) is 0 Å². The number of hydrogen-bond donors (Lipinski definition) is 0. The molecular formula is C16H24Cl2. The second-order valence-electron chi connectivity index (χ2n) is 4.89. The standard InChI is InChI=1S/C16H24Cl2/c1-2-3-4-5-6-7-8-14-9-10-15(12-17)16(11-14)13-18/h9-11H,2-8,12-13H2,1H3. The summed E-state index contributed by atoms with van der Waals surface area (Å²) in [6, 6.07) is 6.54. The van der Waals surface area contributed by atoms with Crippen molar-refractivity contribution in [2.75, 3.05) is 0 Å². The van der Waals surface area contributed by atoms with E-state index in [0.717, 1.165) is 0 Å². The second-order valence-corrected chi connectivity index (χ2v) is 5.42. The molecule has 0 unspecified atom stereocenters. The van der Waals surface area contributed by atoms with Gasteiger partial charge in [0.1, 0.15) is 0 Å². The maximum atomic E-state index is 5.94. The average molecular weight is 287 g/mol. The Labute approximate surface area is 122 Å². The molecule has 2 heteroatoms. The number of aryl methyl sites for hydroxylation is 1. The molecule has 0 aliphatic rings. The van der Waals surface area contributed by atoms with Gasteiger partial charge in [-0.3, -0.25) is 0 Å². The van der Waals surface area contributed by atoms with Crippen molar-refractivity contribution in [2.24, 2.45) is 0 Å². The molecule has 0 spiro atoms. The van der Waals surface area contributed by atoms with E-state index in [9.17, 15) is 0 Å². The fourth-order valence-corrected chi connectivity index (χ4v) is 2.71. The van der Waals surface area contributed by atoms with Crippen LogP contribution in [0.3, 0.4) is 0 Å². The maximum Gasteiger partial charge on any atom is 0.0477 e. The Kier molecular flexibility index (Phi) is 8.54. The molecule has 0 atom stereocenters. The van der Waals surface area contributed by atoms with Gasteiger partial charge < -0.3 is 0 Å². The molecule has 102 valence electrons. The van der Waals surface area contributed by atoms with Crippen LogP contribution in [-0.2, 0) is 18.2 Å². The molecule has 0 aliphatic carbocycles. The molecule has 18 heavy (non-hydrogen) atoms. The number of rotatable bonds is 9. The lowest BCUT2D eigenvalue weighted by atomic mass is 10.0. The zero-order valence-corrected chi connectivity index (χ0v) is 12.9. The zero-order valence-electron chi connectivity index (χ0n) is 11.4. The predicted molar refractivity (Wildman–Crippen MR) is 82.6 cm³/mol. The lowest BCUT2D eigenvalue weighted by Gasteiger charge is -2.07. The molecule has 0 nitrogen and oxygen atoms in total. The lowest BCUT2D eigenvalue weighted by molar-refractivity contribution is 0.607. The Morgan fingerprint density at radius 2 is 1.50 bits per heavy atom. The molecule has 0 aliphatic heterocycles. The van der Waals surface area contributed by atoms with Gasteiger partial charge in [-0.25, -0.2) is 0 Å². The van der Waals surface area contributed by atoms with E-state index in [0.29, 0.717) is 11.8 Å². The summed E-state index contributed by atoms with van der Waals surface area (Å²) in [5.41, 5.74) is 3.75. The van der Waals surface area contributed by atoms with E-state index in [4.69, 9.17) is 23.2 Å². The number of benzene rings is 1. The van der Waals surface area contributed by atoms with Gasteiger partial charge in [0.25, 0.3) is 0 Å². The van der Waals surface area contributed by atoms with Crippen LogP contribution in [0, 0.1) is 0 Å². The Balaban J connectivity index is 2.34. The Morgan fingerprint density at radius 1 is 0.833 bits per heavy atom. The predicted octanol–water partition coefficient (Wildman–Crippen LogP) is 6.07. The first-order valence-electron chi connectivity index (χ1n) is 7.04. The van der Waals surface area contributed by atoms with E-state index in [1.54, 1.807) is 0 Å². The smallest absolute Gasteiger partial charge is 0.0477 e. The van der Waals surface area contributed by atoms with Gasteiger partial charge in [0, 0.05) is 11.8 Å². The molecule has 0 saturated carbocycles. The van der Waals surface area contributed by atoms with Crippen molar-refractivity contribution in [1.82, 2.24) is 0 Å². The Morgan fingerprint density at radius 3 is 2.17 bits per heavy atom. The minimum Gasteiger partial charge on any atom is -0.122 e. The van der Waals surface area contributed by atoms with Gasteiger partial charge in [0.2, 0.25) is 0 Å². The molecule has 0 bridgehead atoms. The van der Waals surface area contributed by atoms with Gasteiger partial charge in [-0.15, -0.1) is 23.2 Å². The summed E-state index contributed by atoms with van der Waals surface area (Å²) in [5.74, 6) is 1.12. The first-order chi connectivity index (χ1) is 8.81. The van der Waals surface area contributed by atoms with Crippen LogP contribution in [0.2, 0.25) is 0 Å². The molecule has 0 N–H and O–H groups in total. The first-order valence-corrected chi connectivity index (χ1v) is 8.11. The maximum absolute atomic E-state index is 5.94. The third-order valence-electron chi connectivity index (χ3n) is 3.38. The summed E-state index contributed by atoms with van der Waals surface area (Å²) in [4.78, 5) is 0. The molecule has 1 aromatic carbocycles. The van der Waals surface area contributed by atoms with Crippen molar-refractivity contribution in [3.05, 3.63) is 34.9 Å². The third kappa shape index (κ3) is 5.63. The van der Waals surface area contributed by atoms with Crippen molar-refractivity contribution >= 4 is 23.2 Å². The fraction of sp³-hybridized carbons (Fsp3) is 0.625. The lowest BCUT2D eigenvalue weighted by Crippen LogP contribution is -1.93. The van der Waals surface area contributed by atoms with Crippen molar-refractivity contribution in [2.45, 2.75) is 63.6 Å². The van der Waals surface area contributed by atoms with Crippen LogP contribution in [0.25, 0.3) is 0 Å². The van der Waals surface area contributed by atoms with Crippen LogP contribution in [0.1, 0.15) is 62.1 Å². The molecule has 0 radical (unpaired) electrons. The van der Waals surface area contributed by atoms with E-state index in [2.05, 4.69) is 25.1 Å². The summed E-state index contributed by atoms with van der Waals surface area (Å²) in [7, 11) is 0. The van der Waals surface area contributed by atoms with Crippen LogP contribution >= 0.6 is 23.2 Å². The third-order valence-corrected chi connectivity index (χ3v) is 3.95. The number of halogens is 2. The summed E-state index contributed by atoms with van der Waals surface area (Å²) < 4.78 is 0. The van der Waals surface area contributed by atoms with E-state index < -0.39 is 0 Å². The highest BCUT2D eigenvalue weighted by Crippen LogP contribution is 2.18. The topological polar surface area (TPSA) is 0 Å². The van der Waals surface area contributed by atoms with Gasteiger partial charge in [-0.1, -0.05) is 57.2 Å². The fourth-order valence-electron chi connectivity index (χ4n) is 2.20. The van der Waals surface area contributed by atoms with Gasteiger partial charge in [0.05, 0.1) is 0 Å². The molecule has 0 heterocycles. The molecule has 1 aromatic rings. The molecule has 0 amide bonds. The van der Waals surface area contributed by atoms with Crippen LogP contribution < -0.4 is 0 Å². The Hall–Kier alpha value is -0.200. The largest absolute Gasteiger partial charge is 0.122 e. The number of hydrogen-bond acceptors (Lipinski definition) is 0. The quantitative estimate of drug-likeness (QED) is 0.382. The van der Waals surface area contributed by atoms with Gasteiger partial charge >= 0.3 is 0 Å². The normalized spacial score (nSPS) is 10.8. The van der Waals surface area contributed by atoms with E-state index >= 15 is 0 Å². The zero-order chi connectivity index (χ0) is 13.2. The monoisotopic (exact) mass is 286 g/mol. The summed E-state index contributed by atoms with van der Waals surface area (Å²) in [6.45, 7) is 2.26. The van der Waals surface area contributed by atoms with Crippen molar-refractivity contribution in [1.29, 1.82) is 0 Å². The Bertz CT molecular complexity index is 334. The van der Waals surface area contributed by atoms with E-state index in [-0.39, 0.29) is 0 Å². The molecule has 0 saturated heterocycles. The van der Waals surface area contributed by atoms with Crippen LogP contribution in [0.5, 0.6) is 0 Å². The van der Waals surface area contributed by atoms with Gasteiger partial charge in [0.15, 0.2) is 0 Å². The number of unbranched alkanes of at least 4 members (excludes halogenated alkanes) is 5. The summed E-state index contributed by atoms with van der Waals surface area (Å²) >= 11 is 11.8. The molecule has 1 rings (SSSR count). The van der Waals surface area contributed by atoms with Crippen molar-refractivity contribution < 1.29 is 0 Å². The molecule has 0 fully saturated rings. The van der Waals surface area contributed by atoms with Gasteiger partial charge in [-0.05, 0) is 29.5 Å². The molecular weight excluding hydrogens is 263 g/mol. The average Bonchev–Trinajstić information content (AvgIpc) is 2.42. The van der Waals surface area contributed by atoms with Crippen LogP contribution in [0.4, 0.5) is 0 Å². The van der Waals surface area contributed by atoms with Crippen LogP contribution in [0.15, 0.2) is 18.2 Å². The number of alkyl halides is 2. The highest BCUT2D eigenvalue weighted by molar-refractivity contribution is 6.18. The SMILES string of the molecule is CCCCCCCCc1ccc(CCl)c(CCl)c1. The summed E-state index contributed by atoms with van der Waals surface area (Å²) in [6.07, 6.45) is 9.24. The highest BCUT2D eigenvalue weighted by Gasteiger charge is 2.02. The van der Waals surface area contributed by atoms with Crippen molar-refractivity contribution in [3.8, 4) is 0 Å². The summed E-state index contributed by atoms with van der Waals surface area (Å²) in [5, 5.41) is 0. The first kappa shape index (κ1) is 15.9. The molecule has 0 aromatic heterocycles. The van der Waals surface area contributed by atoms with E-state index in [1.807, 2.05) is 0 Å². The second kappa shape index (κ2) is 9.69. The minimum atomic E-state index is 0.555.